The van der Waals surface area contributed by atoms with E-state index < -0.39 is 6.09 Å². The quantitative estimate of drug-likeness (QED) is 0.650. The summed E-state index contributed by atoms with van der Waals surface area (Å²) in [6.45, 7) is 5.80. The standard InChI is InChI=1S/C10H16N2O2/c1-2-7-6-12-4-3-8(7)5-9(12)11-10(13)14/h2,7-9,11H,1,3-6H2,(H,13,14)/t7-,8-,9+/m0/s1. The zero-order valence-electron chi connectivity index (χ0n) is 8.15. The minimum Gasteiger partial charge on any atom is -0.465 e. The summed E-state index contributed by atoms with van der Waals surface area (Å²) < 4.78 is 0. The van der Waals surface area contributed by atoms with Gasteiger partial charge in [-0.1, -0.05) is 6.08 Å². The molecule has 4 nitrogen and oxygen atoms in total. The van der Waals surface area contributed by atoms with Gasteiger partial charge in [0, 0.05) is 13.1 Å². The predicted molar refractivity (Wildman–Crippen MR) is 52.9 cm³/mol. The molecule has 3 aliphatic heterocycles. The molecular weight excluding hydrogens is 180 g/mol. The van der Waals surface area contributed by atoms with Gasteiger partial charge in [0.1, 0.15) is 0 Å². The maximum atomic E-state index is 10.5. The second-order valence-corrected chi connectivity index (χ2v) is 4.14. The molecule has 0 aromatic carbocycles. The molecule has 4 heteroatoms. The fourth-order valence-electron chi connectivity index (χ4n) is 2.63. The largest absolute Gasteiger partial charge is 0.465 e. The van der Waals surface area contributed by atoms with Gasteiger partial charge in [-0.3, -0.25) is 4.90 Å². The van der Waals surface area contributed by atoms with Gasteiger partial charge in [-0.05, 0) is 24.7 Å². The number of hydrogen-bond acceptors (Lipinski definition) is 2. The number of carbonyl (C=O) groups is 1. The molecule has 0 aromatic heterocycles. The molecule has 0 spiro atoms. The van der Waals surface area contributed by atoms with Gasteiger partial charge >= 0.3 is 6.09 Å². The zero-order chi connectivity index (χ0) is 10.1. The van der Waals surface area contributed by atoms with Gasteiger partial charge in [0.15, 0.2) is 0 Å². The van der Waals surface area contributed by atoms with Crippen molar-refractivity contribution >= 4 is 6.09 Å². The van der Waals surface area contributed by atoms with Crippen LogP contribution >= 0.6 is 0 Å². The smallest absolute Gasteiger partial charge is 0.405 e. The summed E-state index contributed by atoms with van der Waals surface area (Å²) in [4.78, 5) is 12.7. The molecule has 78 valence electrons. The van der Waals surface area contributed by atoms with E-state index in [1.54, 1.807) is 0 Å². The normalized spacial score (nSPS) is 40.6. The van der Waals surface area contributed by atoms with Crippen LogP contribution in [0.2, 0.25) is 0 Å². The minimum atomic E-state index is -0.919. The van der Waals surface area contributed by atoms with Crippen LogP contribution in [0, 0.1) is 11.8 Å². The number of piperidine rings is 3. The molecule has 0 aromatic rings. The Bertz CT molecular complexity index is 255. The van der Waals surface area contributed by atoms with Crippen molar-refractivity contribution < 1.29 is 9.90 Å². The highest BCUT2D eigenvalue weighted by Crippen LogP contribution is 2.35. The van der Waals surface area contributed by atoms with E-state index in [0.29, 0.717) is 11.8 Å². The lowest BCUT2D eigenvalue weighted by Crippen LogP contribution is -2.59. The second kappa shape index (κ2) is 3.61. The molecule has 0 radical (unpaired) electrons. The van der Waals surface area contributed by atoms with E-state index in [9.17, 15) is 4.79 Å². The van der Waals surface area contributed by atoms with E-state index in [-0.39, 0.29) is 6.17 Å². The molecule has 14 heavy (non-hydrogen) atoms. The van der Waals surface area contributed by atoms with E-state index in [1.807, 2.05) is 6.08 Å². The summed E-state index contributed by atoms with van der Waals surface area (Å²) in [7, 11) is 0. The van der Waals surface area contributed by atoms with Crippen molar-refractivity contribution in [2.45, 2.75) is 19.0 Å². The zero-order valence-corrected chi connectivity index (χ0v) is 8.15. The number of rotatable bonds is 2. The van der Waals surface area contributed by atoms with Gasteiger partial charge in [-0.15, -0.1) is 6.58 Å². The van der Waals surface area contributed by atoms with E-state index in [1.165, 1.54) is 6.42 Å². The lowest BCUT2D eigenvalue weighted by Gasteiger charge is -2.48. The van der Waals surface area contributed by atoms with E-state index in [2.05, 4.69) is 16.8 Å². The van der Waals surface area contributed by atoms with Crippen molar-refractivity contribution in [1.29, 1.82) is 0 Å². The number of hydrogen-bond donors (Lipinski definition) is 2. The first-order chi connectivity index (χ1) is 6.70. The predicted octanol–water partition coefficient (Wildman–Crippen LogP) is 1.11. The van der Waals surface area contributed by atoms with Crippen LogP contribution in [-0.2, 0) is 0 Å². The first-order valence-corrected chi connectivity index (χ1v) is 5.06. The molecule has 0 aliphatic carbocycles. The first-order valence-electron chi connectivity index (χ1n) is 5.06. The Kier molecular flexibility index (Phi) is 2.46. The van der Waals surface area contributed by atoms with Crippen LogP contribution in [0.5, 0.6) is 0 Å². The van der Waals surface area contributed by atoms with E-state index >= 15 is 0 Å². The first kappa shape index (κ1) is 9.52. The molecule has 2 bridgehead atoms. The Balaban J connectivity index is 2.00. The fraction of sp³-hybridized carbons (Fsp3) is 0.700. The molecule has 3 aliphatic rings. The summed E-state index contributed by atoms with van der Waals surface area (Å²) in [6, 6.07) is 0. The van der Waals surface area contributed by atoms with Crippen molar-refractivity contribution in [1.82, 2.24) is 10.2 Å². The van der Waals surface area contributed by atoms with Gasteiger partial charge in [0.05, 0.1) is 6.17 Å². The topological polar surface area (TPSA) is 52.6 Å². The van der Waals surface area contributed by atoms with Gasteiger partial charge in [-0.25, -0.2) is 4.79 Å². The van der Waals surface area contributed by atoms with Gasteiger partial charge in [-0.2, -0.15) is 0 Å². The van der Waals surface area contributed by atoms with Crippen molar-refractivity contribution in [2.24, 2.45) is 11.8 Å². The third-order valence-corrected chi connectivity index (χ3v) is 3.40. The van der Waals surface area contributed by atoms with E-state index in [0.717, 1.165) is 19.5 Å². The van der Waals surface area contributed by atoms with E-state index in [4.69, 9.17) is 5.11 Å². The summed E-state index contributed by atoms with van der Waals surface area (Å²) in [5, 5.41) is 11.2. The monoisotopic (exact) mass is 196 g/mol. The van der Waals surface area contributed by atoms with Crippen molar-refractivity contribution in [3.63, 3.8) is 0 Å². The Labute approximate surface area is 83.6 Å². The van der Waals surface area contributed by atoms with Crippen LogP contribution in [0.15, 0.2) is 12.7 Å². The third kappa shape index (κ3) is 1.62. The lowest BCUT2D eigenvalue weighted by atomic mass is 9.78. The summed E-state index contributed by atoms with van der Waals surface area (Å²) in [5.41, 5.74) is 0. The molecular formula is C10H16N2O2. The van der Waals surface area contributed by atoms with Crippen LogP contribution in [0.4, 0.5) is 4.79 Å². The second-order valence-electron chi connectivity index (χ2n) is 4.14. The number of amides is 1. The van der Waals surface area contributed by atoms with Crippen molar-refractivity contribution in [3.8, 4) is 0 Å². The summed E-state index contributed by atoms with van der Waals surface area (Å²) in [6.07, 6.45) is 3.23. The highest BCUT2D eigenvalue weighted by atomic mass is 16.4. The number of carboxylic acid groups (broad SMARTS) is 1. The van der Waals surface area contributed by atoms with Gasteiger partial charge < -0.3 is 10.4 Å². The van der Waals surface area contributed by atoms with Crippen LogP contribution < -0.4 is 5.32 Å². The molecule has 0 saturated carbocycles. The Morgan fingerprint density at radius 2 is 2.43 bits per heavy atom. The number of fused-ring (bicyclic) bond motifs is 3. The SMILES string of the molecule is C=C[C@H]1CN2CC[C@H]1C[C@@H]2NC(=O)O. The van der Waals surface area contributed by atoms with Gasteiger partial charge in [0.2, 0.25) is 0 Å². The van der Waals surface area contributed by atoms with Crippen LogP contribution in [0.1, 0.15) is 12.8 Å². The minimum absolute atomic E-state index is 0.0300. The highest BCUT2D eigenvalue weighted by Gasteiger charge is 2.39. The molecule has 3 rings (SSSR count). The van der Waals surface area contributed by atoms with Crippen LogP contribution in [0.25, 0.3) is 0 Å². The average molecular weight is 196 g/mol. The van der Waals surface area contributed by atoms with Gasteiger partial charge in [0.25, 0.3) is 0 Å². The molecule has 1 unspecified atom stereocenters. The lowest BCUT2D eigenvalue weighted by molar-refractivity contribution is 0.00548. The molecule has 1 amide bonds. The highest BCUT2D eigenvalue weighted by molar-refractivity contribution is 5.64. The maximum absolute atomic E-state index is 10.5. The molecule has 3 fully saturated rings. The summed E-state index contributed by atoms with van der Waals surface area (Å²) >= 11 is 0. The van der Waals surface area contributed by atoms with Crippen molar-refractivity contribution in [2.75, 3.05) is 13.1 Å². The number of nitrogens with one attached hydrogen (secondary N) is 1. The summed E-state index contributed by atoms with van der Waals surface area (Å²) in [5.74, 6) is 1.17. The third-order valence-electron chi connectivity index (χ3n) is 3.40. The Hall–Kier alpha value is -1.03. The molecule has 3 heterocycles. The molecule has 4 atom stereocenters. The fourth-order valence-corrected chi connectivity index (χ4v) is 2.63. The van der Waals surface area contributed by atoms with Crippen molar-refractivity contribution in [3.05, 3.63) is 12.7 Å². The Morgan fingerprint density at radius 1 is 1.64 bits per heavy atom. The molecule has 2 N–H and O–H groups in total. The molecule has 3 saturated heterocycles. The Morgan fingerprint density at radius 3 is 2.93 bits per heavy atom. The van der Waals surface area contributed by atoms with Crippen LogP contribution in [-0.4, -0.2) is 35.4 Å². The average Bonchev–Trinajstić information content (AvgIpc) is 2.17. The van der Waals surface area contributed by atoms with Crippen LogP contribution in [0.3, 0.4) is 0 Å². The maximum Gasteiger partial charge on any atom is 0.405 e. The number of nitrogens with zero attached hydrogens (tertiary/aromatic N) is 1.